The molecule has 1 aromatic carbocycles. The zero-order valence-corrected chi connectivity index (χ0v) is 14.0. The highest BCUT2D eigenvalue weighted by atomic mass is 16.5. The van der Waals surface area contributed by atoms with Crippen LogP contribution in [0.25, 0.3) is 0 Å². The van der Waals surface area contributed by atoms with E-state index in [0.717, 1.165) is 5.56 Å². The quantitative estimate of drug-likeness (QED) is 0.867. The molecule has 22 heavy (non-hydrogen) atoms. The van der Waals surface area contributed by atoms with Crippen molar-refractivity contribution in [3.63, 3.8) is 0 Å². The number of rotatable bonds is 5. The van der Waals surface area contributed by atoms with Crippen molar-refractivity contribution < 1.29 is 19.1 Å². The van der Waals surface area contributed by atoms with Crippen LogP contribution in [0.15, 0.2) is 12.1 Å². The van der Waals surface area contributed by atoms with Gasteiger partial charge in [0, 0.05) is 16.7 Å². The lowest BCUT2D eigenvalue weighted by atomic mass is 10.1. The van der Waals surface area contributed by atoms with Gasteiger partial charge in [0.25, 0.3) is 5.91 Å². The monoisotopic (exact) mass is 308 g/mol. The Morgan fingerprint density at radius 1 is 1.09 bits per heavy atom. The molecule has 6 heteroatoms. The average Bonchev–Trinajstić information content (AvgIpc) is 2.43. The molecule has 122 valence electrons. The Morgan fingerprint density at radius 3 is 2.00 bits per heavy atom. The summed E-state index contributed by atoms with van der Waals surface area (Å²) in [6.07, 6.45) is 0. The zero-order valence-electron chi connectivity index (χ0n) is 14.0. The molecule has 0 radical (unpaired) electrons. The average molecular weight is 308 g/mol. The molecule has 0 saturated carbocycles. The molecule has 0 aromatic heterocycles. The van der Waals surface area contributed by atoms with Crippen LogP contribution in [-0.4, -0.2) is 38.1 Å². The maximum Gasteiger partial charge on any atom is 0.251 e. The van der Waals surface area contributed by atoms with Crippen molar-refractivity contribution in [1.29, 1.82) is 0 Å². The van der Waals surface area contributed by atoms with Crippen molar-refractivity contribution >= 4 is 11.8 Å². The molecule has 0 unspecified atom stereocenters. The number of carbonyl (C=O) groups excluding carboxylic acids is 2. The Hall–Kier alpha value is -2.24. The minimum Gasteiger partial charge on any atom is -0.496 e. The number of benzene rings is 1. The maximum atomic E-state index is 12.2. The van der Waals surface area contributed by atoms with Gasteiger partial charge in [-0.05, 0) is 39.8 Å². The summed E-state index contributed by atoms with van der Waals surface area (Å²) >= 11 is 0. The summed E-state index contributed by atoms with van der Waals surface area (Å²) in [5.74, 6) is 0.514. The zero-order chi connectivity index (χ0) is 16.9. The summed E-state index contributed by atoms with van der Waals surface area (Å²) in [6.45, 7) is 7.39. The number of amides is 2. The fraction of sp³-hybridized carbons (Fsp3) is 0.500. The molecule has 0 aliphatic heterocycles. The van der Waals surface area contributed by atoms with Crippen LogP contribution < -0.4 is 20.1 Å². The second-order valence-corrected chi connectivity index (χ2v) is 5.99. The van der Waals surface area contributed by atoms with Gasteiger partial charge in [-0.15, -0.1) is 0 Å². The van der Waals surface area contributed by atoms with Crippen molar-refractivity contribution in [2.24, 2.45) is 0 Å². The Morgan fingerprint density at radius 2 is 1.59 bits per heavy atom. The second kappa shape index (κ2) is 7.15. The third kappa shape index (κ3) is 4.95. The minimum absolute atomic E-state index is 0.0887. The van der Waals surface area contributed by atoms with E-state index in [9.17, 15) is 9.59 Å². The predicted molar refractivity (Wildman–Crippen MR) is 84.5 cm³/mol. The summed E-state index contributed by atoms with van der Waals surface area (Å²) in [4.78, 5) is 23.9. The Kier molecular flexibility index (Phi) is 5.79. The van der Waals surface area contributed by atoms with E-state index in [1.807, 2.05) is 27.7 Å². The molecular formula is C16H24N2O4. The first-order chi connectivity index (χ1) is 10.2. The van der Waals surface area contributed by atoms with E-state index in [2.05, 4.69) is 10.6 Å². The third-order valence-corrected chi connectivity index (χ3v) is 2.94. The number of carbonyl (C=O) groups is 2. The molecule has 1 rings (SSSR count). The largest absolute Gasteiger partial charge is 0.496 e. The van der Waals surface area contributed by atoms with Crippen molar-refractivity contribution in [3.05, 3.63) is 23.3 Å². The number of nitrogens with one attached hydrogen (secondary N) is 2. The van der Waals surface area contributed by atoms with Crippen LogP contribution in [0, 0.1) is 6.92 Å². The summed E-state index contributed by atoms with van der Waals surface area (Å²) in [5, 5.41) is 5.36. The van der Waals surface area contributed by atoms with Crippen molar-refractivity contribution in [2.75, 3.05) is 20.8 Å². The minimum atomic E-state index is -0.361. The molecule has 0 bridgehead atoms. The molecule has 0 aliphatic rings. The Bertz CT molecular complexity index is 537. The van der Waals surface area contributed by atoms with E-state index in [1.54, 1.807) is 12.1 Å². The first-order valence-electron chi connectivity index (χ1n) is 6.99. The van der Waals surface area contributed by atoms with E-state index in [1.165, 1.54) is 14.2 Å². The number of hydrogen-bond acceptors (Lipinski definition) is 4. The van der Waals surface area contributed by atoms with Crippen LogP contribution in [-0.2, 0) is 4.79 Å². The van der Waals surface area contributed by atoms with E-state index in [4.69, 9.17) is 9.47 Å². The normalized spacial score (nSPS) is 10.8. The standard InChI is InChI=1S/C16H24N2O4/c1-10-12(21-5)7-11(8-13(10)22-6)15(20)17-9-14(19)18-16(2,3)4/h7-8H,9H2,1-6H3,(H,17,20)(H,18,19). The first kappa shape index (κ1) is 17.8. The lowest BCUT2D eigenvalue weighted by molar-refractivity contribution is -0.121. The number of ether oxygens (including phenoxy) is 2. The topological polar surface area (TPSA) is 76.7 Å². The van der Waals surface area contributed by atoms with Gasteiger partial charge in [-0.2, -0.15) is 0 Å². The van der Waals surface area contributed by atoms with E-state index in [-0.39, 0.29) is 23.9 Å². The van der Waals surface area contributed by atoms with Gasteiger partial charge in [0.05, 0.1) is 20.8 Å². The highest BCUT2D eigenvalue weighted by molar-refractivity contribution is 5.97. The van der Waals surface area contributed by atoms with Gasteiger partial charge in [-0.25, -0.2) is 0 Å². The molecule has 0 aliphatic carbocycles. The SMILES string of the molecule is COc1cc(C(=O)NCC(=O)NC(C)(C)C)cc(OC)c1C. The number of hydrogen-bond donors (Lipinski definition) is 2. The van der Waals surface area contributed by atoms with E-state index < -0.39 is 0 Å². The fourth-order valence-electron chi connectivity index (χ4n) is 1.94. The molecule has 2 amide bonds. The van der Waals surface area contributed by atoms with Gasteiger partial charge in [0.15, 0.2) is 0 Å². The second-order valence-electron chi connectivity index (χ2n) is 5.99. The van der Waals surface area contributed by atoms with Crippen molar-refractivity contribution in [2.45, 2.75) is 33.2 Å². The van der Waals surface area contributed by atoms with Gasteiger partial charge < -0.3 is 20.1 Å². The van der Waals surface area contributed by atoms with Gasteiger partial charge in [0.1, 0.15) is 11.5 Å². The summed E-state index contributed by atoms with van der Waals surface area (Å²) in [6, 6.07) is 3.24. The third-order valence-electron chi connectivity index (χ3n) is 2.94. The van der Waals surface area contributed by atoms with Crippen LogP contribution >= 0.6 is 0 Å². The molecule has 0 fully saturated rings. The van der Waals surface area contributed by atoms with Crippen LogP contribution in [0.4, 0.5) is 0 Å². The summed E-state index contributed by atoms with van der Waals surface area (Å²) < 4.78 is 10.5. The molecule has 1 aromatic rings. The van der Waals surface area contributed by atoms with Gasteiger partial charge in [0.2, 0.25) is 5.91 Å². The molecule has 0 heterocycles. The van der Waals surface area contributed by atoms with Crippen LogP contribution in [0.3, 0.4) is 0 Å². The van der Waals surface area contributed by atoms with Crippen molar-refractivity contribution in [1.82, 2.24) is 10.6 Å². The van der Waals surface area contributed by atoms with Crippen LogP contribution in [0.2, 0.25) is 0 Å². The Balaban J connectivity index is 2.80. The fourth-order valence-corrected chi connectivity index (χ4v) is 1.94. The first-order valence-corrected chi connectivity index (χ1v) is 6.99. The van der Waals surface area contributed by atoms with E-state index >= 15 is 0 Å². The molecule has 6 nitrogen and oxygen atoms in total. The molecule has 0 spiro atoms. The van der Waals surface area contributed by atoms with Gasteiger partial charge >= 0.3 is 0 Å². The highest BCUT2D eigenvalue weighted by Crippen LogP contribution is 2.29. The lowest BCUT2D eigenvalue weighted by Gasteiger charge is -2.20. The molecular weight excluding hydrogens is 284 g/mol. The van der Waals surface area contributed by atoms with Crippen LogP contribution in [0.5, 0.6) is 11.5 Å². The molecule has 0 saturated heterocycles. The summed E-state index contributed by atoms with van der Waals surface area (Å²) in [7, 11) is 3.06. The van der Waals surface area contributed by atoms with Crippen molar-refractivity contribution in [3.8, 4) is 11.5 Å². The van der Waals surface area contributed by atoms with Gasteiger partial charge in [-0.3, -0.25) is 9.59 Å². The predicted octanol–water partition coefficient (Wildman–Crippen LogP) is 1.66. The highest BCUT2D eigenvalue weighted by Gasteiger charge is 2.16. The van der Waals surface area contributed by atoms with E-state index in [0.29, 0.717) is 17.1 Å². The Labute approximate surface area is 131 Å². The molecule has 0 atom stereocenters. The lowest BCUT2D eigenvalue weighted by Crippen LogP contribution is -2.45. The maximum absolute atomic E-state index is 12.2. The summed E-state index contributed by atoms with van der Waals surface area (Å²) in [5.41, 5.74) is 0.854. The smallest absolute Gasteiger partial charge is 0.251 e. The van der Waals surface area contributed by atoms with Crippen LogP contribution in [0.1, 0.15) is 36.7 Å². The molecule has 2 N–H and O–H groups in total. The number of methoxy groups -OCH3 is 2. The van der Waals surface area contributed by atoms with Gasteiger partial charge in [-0.1, -0.05) is 0 Å².